The Bertz CT molecular complexity index is 180. The lowest BCUT2D eigenvalue weighted by molar-refractivity contribution is 0.355. The van der Waals surface area contributed by atoms with Crippen LogP contribution in [0.5, 0.6) is 0 Å². The third kappa shape index (κ3) is 2.58. The van der Waals surface area contributed by atoms with Crippen LogP contribution in [0.3, 0.4) is 0 Å². The molecular formula is C11H18. The fraction of sp³-hybridized carbons (Fsp3) is 0.818. The van der Waals surface area contributed by atoms with Crippen molar-refractivity contribution in [3.8, 4) is 11.8 Å². The predicted molar refractivity (Wildman–Crippen MR) is 49.2 cm³/mol. The van der Waals surface area contributed by atoms with Crippen molar-refractivity contribution < 1.29 is 0 Å². The minimum Gasteiger partial charge on any atom is -0.103 e. The maximum Gasteiger partial charge on any atom is 0.0295 e. The van der Waals surface area contributed by atoms with Crippen molar-refractivity contribution in [3.63, 3.8) is 0 Å². The smallest absolute Gasteiger partial charge is 0.0295 e. The van der Waals surface area contributed by atoms with Gasteiger partial charge in [-0.3, -0.25) is 0 Å². The predicted octanol–water partition coefficient (Wildman–Crippen LogP) is 3.23. The maximum atomic E-state index is 3.34. The van der Waals surface area contributed by atoms with Crippen LogP contribution < -0.4 is 0 Å². The lowest BCUT2D eigenvalue weighted by atomic mass is 9.83. The van der Waals surface area contributed by atoms with E-state index in [1.807, 2.05) is 0 Å². The molecule has 0 aliphatic heterocycles. The van der Waals surface area contributed by atoms with E-state index in [0.29, 0.717) is 5.41 Å². The molecule has 0 spiro atoms. The molecule has 0 amide bonds. The van der Waals surface area contributed by atoms with Crippen molar-refractivity contribution in [1.29, 1.82) is 0 Å². The van der Waals surface area contributed by atoms with Crippen molar-refractivity contribution in [2.75, 3.05) is 0 Å². The van der Waals surface area contributed by atoms with Crippen LogP contribution in [0.1, 0.15) is 46.5 Å². The molecule has 0 fully saturated rings. The molecule has 0 saturated heterocycles. The summed E-state index contributed by atoms with van der Waals surface area (Å²) in [6.07, 6.45) is 5.00. The van der Waals surface area contributed by atoms with E-state index in [1.165, 1.54) is 19.3 Å². The van der Waals surface area contributed by atoms with Gasteiger partial charge in [-0.15, -0.1) is 5.92 Å². The normalized spacial score (nSPS) is 28.7. The SMILES string of the molecule is CC(C)CC[C@]1(C)C#CCC1. The van der Waals surface area contributed by atoms with E-state index in [9.17, 15) is 0 Å². The first-order chi connectivity index (χ1) is 5.12. The molecule has 0 unspecified atom stereocenters. The summed E-state index contributed by atoms with van der Waals surface area (Å²) in [7, 11) is 0. The van der Waals surface area contributed by atoms with Gasteiger partial charge in [0.05, 0.1) is 0 Å². The van der Waals surface area contributed by atoms with E-state index in [2.05, 4.69) is 32.6 Å². The molecule has 0 radical (unpaired) electrons. The lowest BCUT2D eigenvalue weighted by Crippen LogP contribution is -2.11. The Balaban J connectivity index is 2.32. The van der Waals surface area contributed by atoms with Gasteiger partial charge in [0.1, 0.15) is 0 Å². The minimum atomic E-state index is 0.365. The monoisotopic (exact) mass is 150 g/mol. The third-order valence-electron chi connectivity index (χ3n) is 2.47. The minimum absolute atomic E-state index is 0.365. The van der Waals surface area contributed by atoms with Crippen molar-refractivity contribution in [1.82, 2.24) is 0 Å². The van der Waals surface area contributed by atoms with Crippen LogP contribution in [0.2, 0.25) is 0 Å². The maximum absolute atomic E-state index is 3.34. The zero-order valence-electron chi connectivity index (χ0n) is 7.91. The Morgan fingerprint density at radius 2 is 2.18 bits per heavy atom. The lowest BCUT2D eigenvalue weighted by Gasteiger charge is -2.20. The quantitative estimate of drug-likeness (QED) is 0.542. The topological polar surface area (TPSA) is 0 Å². The third-order valence-corrected chi connectivity index (χ3v) is 2.47. The Morgan fingerprint density at radius 1 is 1.45 bits per heavy atom. The van der Waals surface area contributed by atoms with E-state index in [1.54, 1.807) is 0 Å². The van der Waals surface area contributed by atoms with Crippen molar-refractivity contribution >= 4 is 0 Å². The van der Waals surface area contributed by atoms with E-state index in [-0.39, 0.29) is 0 Å². The largest absolute Gasteiger partial charge is 0.103 e. The molecule has 1 aliphatic carbocycles. The highest BCUT2D eigenvalue weighted by atomic mass is 14.3. The summed E-state index contributed by atoms with van der Waals surface area (Å²) in [5.41, 5.74) is 0.365. The summed E-state index contributed by atoms with van der Waals surface area (Å²) in [5.74, 6) is 7.35. The van der Waals surface area contributed by atoms with Crippen LogP contribution in [0.15, 0.2) is 0 Å². The standard InChI is InChI=1S/C11H18/c1-10(2)6-9-11(3)7-4-5-8-11/h10H,4,6-7,9H2,1-3H3/t11-/m0/s1. The second-order valence-electron chi connectivity index (χ2n) is 4.29. The molecule has 0 N–H and O–H groups in total. The van der Waals surface area contributed by atoms with Crippen molar-refractivity contribution in [3.05, 3.63) is 0 Å². The summed E-state index contributed by atoms with van der Waals surface area (Å²) in [5, 5.41) is 0. The first-order valence-corrected chi connectivity index (χ1v) is 4.62. The van der Waals surface area contributed by atoms with Crippen LogP contribution in [0, 0.1) is 23.2 Å². The van der Waals surface area contributed by atoms with Gasteiger partial charge in [0.2, 0.25) is 0 Å². The summed E-state index contributed by atoms with van der Waals surface area (Å²) in [4.78, 5) is 0. The van der Waals surface area contributed by atoms with E-state index >= 15 is 0 Å². The molecule has 0 nitrogen and oxygen atoms in total. The van der Waals surface area contributed by atoms with Crippen molar-refractivity contribution in [2.24, 2.45) is 11.3 Å². The first-order valence-electron chi connectivity index (χ1n) is 4.62. The fourth-order valence-corrected chi connectivity index (χ4v) is 1.47. The van der Waals surface area contributed by atoms with Crippen LogP contribution in [-0.2, 0) is 0 Å². The number of hydrogen-bond acceptors (Lipinski definition) is 0. The Labute approximate surface area is 70.4 Å². The molecule has 62 valence electrons. The average molecular weight is 150 g/mol. The van der Waals surface area contributed by atoms with Crippen LogP contribution in [0.25, 0.3) is 0 Å². The highest BCUT2D eigenvalue weighted by Gasteiger charge is 2.23. The van der Waals surface area contributed by atoms with Crippen molar-refractivity contribution in [2.45, 2.75) is 46.5 Å². The first kappa shape index (κ1) is 8.65. The second-order valence-corrected chi connectivity index (χ2v) is 4.29. The molecule has 1 atom stereocenters. The van der Waals surface area contributed by atoms with Gasteiger partial charge in [-0.25, -0.2) is 0 Å². The van der Waals surface area contributed by atoms with Gasteiger partial charge in [-0.1, -0.05) is 19.8 Å². The zero-order chi connectivity index (χ0) is 8.32. The van der Waals surface area contributed by atoms with Gasteiger partial charge >= 0.3 is 0 Å². The molecule has 11 heavy (non-hydrogen) atoms. The zero-order valence-corrected chi connectivity index (χ0v) is 7.91. The summed E-state index contributed by atoms with van der Waals surface area (Å²) in [6.45, 7) is 6.87. The molecule has 0 heteroatoms. The highest BCUT2D eigenvalue weighted by molar-refractivity contribution is 5.16. The van der Waals surface area contributed by atoms with Gasteiger partial charge in [-0.05, 0) is 32.1 Å². The number of hydrogen-bond donors (Lipinski definition) is 0. The summed E-state index contributed by atoms with van der Waals surface area (Å²) < 4.78 is 0. The highest BCUT2D eigenvalue weighted by Crippen LogP contribution is 2.32. The molecule has 1 aliphatic rings. The average Bonchev–Trinajstić information content (AvgIpc) is 2.33. The van der Waals surface area contributed by atoms with Crippen LogP contribution >= 0.6 is 0 Å². The van der Waals surface area contributed by atoms with Crippen LogP contribution in [-0.4, -0.2) is 0 Å². The van der Waals surface area contributed by atoms with Gasteiger partial charge in [0, 0.05) is 11.8 Å². The van der Waals surface area contributed by atoms with Gasteiger partial charge in [-0.2, -0.15) is 0 Å². The van der Waals surface area contributed by atoms with E-state index < -0.39 is 0 Å². The molecule has 0 aromatic heterocycles. The Hall–Kier alpha value is -0.440. The van der Waals surface area contributed by atoms with Gasteiger partial charge in [0.15, 0.2) is 0 Å². The molecule has 0 aromatic carbocycles. The van der Waals surface area contributed by atoms with Gasteiger partial charge < -0.3 is 0 Å². The Morgan fingerprint density at radius 3 is 2.64 bits per heavy atom. The summed E-state index contributed by atoms with van der Waals surface area (Å²) in [6, 6.07) is 0. The van der Waals surface area contributed by atoms with Gasteiger partial charge in [0.25, 0.3) is 0 Å². The molecule has 0 saturated carbocycles. The van der Waals surface area contributed by atoms with E-state index in [0.717, 1.165) is 12.3 Å². The van der Waals surface area contributed by atoms with Crippen LogP contribution in [0.4, 0.5) is 0 Å². The molecule has 0 heterocycles. The molecule has 0 bridgehead atoms. The Kier molecular flexibility index (Phi) is 2.60. The summed E-state index contributed by atoms with van der Waals surface area (Å²) >= 11 is 0. The molecule has 1 rings (SSSR count). The fourth-order valence-electron chi connectivity index (χ4n) is 1.47. The van der Waals surface area contributed by atoms with E-state index in [4.69, 9.17) is 0 Å². The number of rotatable bonds is 3. The molecule has 0 aromatic rings. The molecular weight excluding hydrogens is 132 g/mol. The second kappa shape index (κ2) is 3.30.